The fourth-order valence-corrected chi connectivity index (χ4v) is 3.77. The van der Waals surface area contributed by atoms with Crippen LogP contribution in [0.4, 0.5) is 8.78 Å². The lowest BCUT2D eigenvalue weighted by Gasteiger charge is -2.23. The predicted octanol–water partition coefficient (Wildman–Crippen LogP) is 2.99. The molecule has 0 saturated heterocycles. The first-order valence-corrected chi connectivity index (χ1v) is 11.3. The van der Waals surface area contributed by atoms with Gasteiger partial charge in [-0.3, -0.25) is 5.41 Å². The molecule has 39 heavy (non-hydrogen) atoms. The zero-order valence-electron chi connectivity index (χ0n) is 20.1. The van der Waals surface area contributed by atoms with Gasteiger partial charge in [0, 0.05) is 6.07 Å². The number of aryl methyl sites for hydroxylation is 1. The van der Waals surface area contributed by atoms with Crippen LogP contribution in [0.1, 0.15) is 11.3 Å². The monoisotopic (exact) mass is 538 g/mol. The first-order valence-electron chi connectivity index (χ1n) is 11.3. The maximum Gasteiger partial charge on any atom is 0.333 e. The third-order valence-corrected chi connectivity index (χ3v) is 5.73. The number of fused-ring (bicyclic) bond motifs is 1. The van der Waals surface area contributed by atoms with Gasteiger partial charge in [-0.1, -0.05) is 0 Å². The molecule has 0 aliphatic carbocycles. The Labute approximate surface area is 217 Å². The van der Waals surface area contributed by atoms with Crippen molar-refractivity contribution in [3.63, 3.8) is 0 Å². The zero-order chi connectivity index (χ0) is 27.8. The molecular weight excluding hydrogens is 518 g/mol. The first-order chi connectivity index (χ1) is 18.7. The summed E-state index contributed by atoms with van der Waals surface area (Å²) in [6.07, 6.45) is 1.41. The van der Waals surface area contributed by atoms with Crippen molar-refractivity contribution in [2.45, 2.75) is 13.0 Å². The fourth-order valence-electron chi connectivity index (χ4n) is 3.77. The third kappa shape index (κ3) is 4.64. The second kappa shape index (κ2) is 9.90. The van der Waals surface area contributed by atoms with Crippen LogP contribution in [0.15, 0.2) is 77.1 Å². The number of rotatable bonds is 6. The minimum absolute atomic E-state index is 0.0115. The number of halogens is 2. The topological polar surface area (TPSA) is 171 Å². The van der Waals surface area contributed by atoms with Gasteiger partial charge in [0.25, 0.3) is 0 Å². The molecule has 14 heteroatoms. The summed E-state index contributed by atoms with van der Waals surface area (Å²) in [5.41, 5.74) is 1.12. The van der Waals surface area contributed by atoms with E-state index in [0.717, 1.165) is 12.1 Å². The number of aliphatic hydroxyl groups is 4. The summed E-state index contributed by atoms with van der Waals surface area (Å²) in [5.74, 6) is -4.27. The number of nitrogens with zero attached hydrogens (tertiary/aromatic N) is 5. The molecule has 5 N–H and O–H groups in total. The molecule has 4 aromatic rings. The number of benzene rings is 2. The molecule has 0 bridgehead atoms. The summed E-state index contributed by atoms with van der Waals surface area (Å²) in [7, 11) is 0. The molecule has 0 saturated carbocycles. The first kappa shape index (κ1) is 25.4. The lowest BCUT2D eigenvalue weighted by Crippen LogP contribution is -2.28. The number of aromatic nitrogens is 4. The maximum absolute atomic E-state index is 14.3. The Morgan fingerprint density at radius 1 is 1.13 bits per heavy atom. The summed E-state index contributed by atoms with van der Waals surface area (Å²) in [6, 6.07) is 9.30. The van der Waals surface area contributed by atoms with Crippen molar-refractivity contribution < 1.29 is 38.7 Å². The Bertz CT molecular complexity index is 1740. The molecule has 3 heterocycles. The van der Waals surface area contributed by atoms with Crippen LogP contribution in [0, 0.1) is 24.0 Å². The largest absolute Gasteiger partial charge is 0.505 e. The summed E-state index contributed by atoms with van der Waals surface area (Å²) < 4.78 is 40.6. The zero-order valence-corrected chi connectivity index (χ0v) is 20.1. The van der Waals surface area contributed by atoms with E-state index in [2.05, 4.69) is 15.2 Å². The standard InChI is InChI=1S/C25H20F2N6O6/c1-12-19-23(28)32(11-29-24(19)33(31-12)17-7-4-14(26)8-16(17)27)30-9-13-2-5-15(6-3-13)38-25-22(37)21(36)20(35)18(10-34)39-25/h2-9,11,18,28,34-37H,10H2,1H3/b28-23?,30-9-. The van der Waals surface area contributed by atoms with Crippen molar-refractivity contribution in [2.75, 3.05) is 6.61 Å². The molecule has 200 valence electrons. The van der Waals surface area contributed by atoms with Crippen molar-refractivity contribution >= 4 is 17.2 Å². The third-order valence-electron chi connectivity index (χ3n) is 5.73. The van der Waals surface area contributed by atoms with E-state index in [0.29, 0.717) is 16.6 Å². The minimum atomic E-state index is -1.30. The van der Waals surface area contributed by atoms with Crippen LogP contribution in [0.2, 0.25) is 0 Å². The van der Waals surface area contributed by atoms with Crippen LogP contribution in [0.3, 0.4) is 0 Å². The Hall–Kier alpha value is -5.24. The average Bonchev–Trinajstić information content (AvgIpc) is 3.26. The molecule has 2 aromatic carbocycles. The summed E-state index contributed by atoms with van der Waals surface area (Å²) in [5, 5.41) is 56.0. The van der Waals surface area contributed by atoms with Crippen molar-refractivity contribution in [2.24, 2.45) is 5.10 Å². The van der Waals surface area contributed by atoms with Crippen molar-refractivity contribution in [3.8, 4) is 11.4 Å². The van der Waals surface area contributed by atoms with Crippen LogP contribution in [-0.2, 0) is 4.74 Å². The smallest absolute Gasteiger partial charge is 0.333 e. The van der Waals surface area contributed by atoms with E-state index >= 15 is 0 Å². The second-order valence-electron chi connectivity index (χ2n) is 8.30. The van der Waals surface area contributed by atoms with Crippen LogP contribution in [0.25, 0.3) is 16.7 Å². The number of hydrogen-bond donors (Lipinski definition) is 5. The average molecular weight is 538 g/mol. The number of hydrogen-bond acceptors (Lipinski definition) is 10. The Kier molecular flexibility index (Phi) is 6.45. The predicted molar refractivity (Wildman–Crippen MR) is 131 cm³/mol. The van der Waals surface area contributed by atoms with Crippen LogP contribution in [0.5, 0.6) is 5.75 Å². The SMILES string of the molecule is Cc1nn(-c2ccc(F)cc2F)c2ncn(/N=C\c3ccc(OC4=C(O)C(O)=C(O)C(CO)O4)cc3)c(=N)c12. The van der Waals surface area contributed by atoms with Gasteiger partial charge >= 0.3 is 5.95 Å². The van der Waals surface area contributed by atoms with E-state index in [1.54, 1.807) is 19.1 Å². The molecule has 1 aliphatic rings. The van der Waals surface area contributed by atoms with Crippen molar-refractivity contribution in [1.29, 1.82) is 5.41 Å². The van der Waals surface area contributed by atoms with E-state index in [-0.39, 0.29) is 22.6 Å². The Morgan fingerprint density at radius 3 is 2.56 bits per heavy atom. The summed E-state index contributed by atoms with van der Waals surface area (Å²) in [6.45, 7) is 0.973. The summed E-state index contributed by atoms with van der Waals surface area (Å²) in [4.78, 5) is 4.27. The highest BCUT2D eigenvalue weighted by molar-refractivity contribution is 5.80. The molecule has 0 amide bonds. The normalized spacial score (nSPS) is 15.8. The van der Waals surface area contributed by atoms with Gasteiger partial charge in [-0.25, -0.2) is 23.1 Å². The Balaban J connectivity index is 1.38. The molecule has 1 atom stereocenters. The highest BCUT2D eigenvalue weighted by Gasteiger charge is 2.32. The van der Waals surface area contributed by atoms with E-state index in [9.17, 15) is 29.2 Å². The van der Waals surface area contributed by atoms with Crippen LogP contribution < -0.4 is 10.2 Å². The molecule has 5 rings (SSSR count). The highest BCUT2D eigenvalue weighted by atomic mass is 19.1. The molecule has 1 unspecified atom stereocenters. The van der Waals surface area contributed by atoms with Crippen molar-refractivity contribution in [3.05, 3.63) is 100 Å². The summed E-state index contributed by atoms with van der Waals surface area (Å²) >= 11 is 0. The molecular formula is C25H20F2N6O6. The van der Waals surface area contributed by atoms with Gasteiger partial charge in [0.1, 0.15) is 23.6 Å². The maximum atomic E-state index is 14.3. The van der Waals surface area contributed by atoms with Gasteiger partial charge in [0.2, 0.25) is 11.5 Å². The van der Waals surface area contributed by atoms with Gasteiger partial charge in [0.05, 0.1) is 23.9 Å². The lowest BCUT2D eigenvalue weighted by atomic mass is 10.2. The molecule has 0 spiro atoms. The quantitative estimate of drug-likeness (QED) is 0.233. The van der Waals surface area contributed by atoms with E-state index in [4.69, 9.17) is 14.9 Å². The molecule has 0 radical (unpaired) electrons. The number of ether oxygens (including phenoxy) is 2. The molecule has 1 aliphatic heterocycles. The minimum Gasteiger partial charge on any atom is -0.505 e. The molecule has 12 nitrogen and oxygen atoms in total. The van der Waals surface area contributed by atoms with E-state index in [1.165, 1.54) is 40.1 Å². The van der Waals surface area contributed by atoms with Crippen LogP contribution >= 0.6 is 0 Å². The van der Waals surface area contributed by atoms with Gasteiger partial charge in [-0.15, -0.1) is 0 Å². The number of aliphatic hydroxyl groups excluding tert-OH is 4. The van der Waals surface area contributed by atoms with Gasteiger partial charge in [-0.05, 0) is 48.9 Å². The second-order valence-corrected chi connectivity index (χ2v) is 8.30. The lowest BCUT2D eigenvalue weighted by molar-refractivity contribution is -0.0175. The van der Waals surface area contributed by atoms with E-state index < -0.39 is 47.6 Å². The van der Waals surface area contributed by atoms with Gasteiger partial charge in [-0.2, -0.15) is 10.2 Å². The van der Waals surface area contributed by atoms with E-state index in [1.807, 2.05) is 0 Å². The van der Waals surface area contributed by atoms with Gasteiger partial charge < -0.3 is 29.9 Å². The highest BCUT2D eigenvalue weighted by Crippen LogP contribution is 2.27. The molecule has 0 fully saturated rings. The van der Waals surface area contributed by atoms with Gasteiger partial charge in [0.15, 0.2) is 28.8 Å². The Morgan fingerprint density at radius 2 is 1.87 bits per heavy atom. The number of nitrogens with one attached hydrogen (secondary N) is 1. The fraction of sp³-hybridized carbons (Fsp3) is 0.120. The van der Waals surface area contributed by atoms with Crippen molar-refractivity contribution in [1.82, 2.24) is 19.4 Å². The van der Waals surface area contributed by atoms with Crippen LogP contribution in [-0.4, -0.2) is 58.8 Å². The molecule has 2 aromatic heterocycles.